The summed E-state index contributed by atoms with van der Waals surface area (Å²) in [6.07, 6.45) is 1.20. The SMILES string of the molecule is CC(C)c1nn(C)c(Sc2ccc(S(C)(=O)=O)cc2)c1N. The average Bonchev–Trinajstić information content (AvgIpc) is 2.66. The lowest BCUT2D eigenvalue weighted by Gasteiger charge is -2.05. The zero-order valence-electron chi connectivity index (χ0n) is 12.5. The van der Waals surface area contributed by atoms with Crippen LogP contribution in [-0.4, -0.2) is 24.5 Å². The van der Waals surface area contributed by atoms with E-state index in [0.29, 0.717) is 10.6 Å². The Kier molecular flexibility index (Phi) is 4.34. The highest BCUT2D eigenvalue weighted by Crippen LogP contribution is 2.35. The summed E-state index contributed by atoms with van der Waals surface area (Å²) in [6.45, 7) is 4.10. The van der Waals surface area contributed by atoms with Gasteiger partial charge in [0.05, 0.1) is 16.3 Å². The Balaban J connectivity index is 2.31. The first-order chi connectivity index (χ1) is 9.70. The van der Waals surface area contributed by atoms with Crippen molar-refractivity contribution in [2.75, 3.05) is 12.0 Å². The predicted molar refractivity (Wildman–Crippen MR) is 85.4 cm³/mol. The molecule has 0 radical (unpaired) electrons. The van der Waals surface area contributed by atoms with Gasteiger partial charge >= 0.3 is 0 Å². The van der Waals surface area contributed by atoms with Crippen molar-refractivity contribution in [3.8, 4) is 0 Å². The number of hydrogen-bond donors (Lipinski definition) is 1. The predicted octanol–water partition coefficient (Wildman–Crippen LogP) is 2.68. The third-order valence-corrected chi connectivity index (χ3v) is 5.39. The lowest BCUT2D eigenvalue weighted by Crippen LogP contribution is -1.96. The molecular formula is C14H19N3O2S2. The van der Waals surface area contributed by atoms with Crippen LogP contribution in [0.4, 0.5) is 5.69 Å². The monoisotopic (exact) mass is 325 g/mol. The minimum Gasteiger partial charge on any atom is -0.395 e. The second kappa shape index (κ2) is 5.73. The van der Waals surface area contributed by atoms with Crippen LogP contribution >= 0.6 is 11.8 Å². The van der Waals surface area contributed by atoms with Crippen LogP contribution in [0, 0.1) is 0 Å². The second-order valence-electron chi connectivity index (χ2n) is 5.23. The van der Waals surface area contributed by atoms with Crippen molar-refractivity contribution in [3.63, 3.8) is 0 Å². The number of benzene rings is 1. The molecule has 2 aromatic rings. The Hall–Kier alpha value is -1.47. The molecule has 5 nitrogen and oxygen atoms in total. The first-order valence-corrected chi connectivity index (χ1v) is 9.21. The number of aryl methyl sites for hydroxylation is 1. The fourth-order valence-electron chi connectivity index (χ4n) is 1.96. The van der Waals surface area contributed by atoms with Gasteiger partial charge in [-0.1, -0.05) is 25.6 Å². The molecule has 1 heterocycles. The maximum atomic E-state index is 11.4. The van der Waals surface area contributed by atoms with E-state index in [1.54, 1.807) is 28.9 Å². The molecule has 0 saturated heterocycles. The van der Waals surface area contributed by atoms with Gasteiger partial charge in [-0.25, -0.2) is 8.42 Å². The van der Waals surface area contributed by atoms with Crippen molar-refractivity contribution in [3.05, 3.63) is 30.0 Å². The zero-order chi connectivity index (χ0) is 15.8. The van der Waals surface area contributed by atoms with E-state index in [4.69, 9.17) is 5.73 Å². The summed E-state index contributed by atoms with van der Waals surface area (Å²) in [5.41, 5.74) is 7.72. The summed E-state index contributed by atoms with van der Waals surface area (Å²) in [5, 5.41) is 5.30. The number of sulfone groups is 1. The molecule has 0 aliphatic rings. The topological polar surface area (TPSA) is 78.0 Å². The van der Waals surface area contributed by atoms with E-state index < -0.39 is 9.84 Å². The van der Waals surface area contributed by atoms with E-state index in [2.05, 4.69) is 5.10 Å². The fraction of sp³-hybridized carbons (Fsp3) is 0.357. The molecule has 1 aromatic heterocycles. The lowest BCUT2D eigenvalue weighted by atomic mass is 10.1. The van der Waals surface area contributed by atoms with E-state index in [-0.39, 0.29) is 5.92 Å². The van der Waals surface area contributed by atoms with E-state index in [1.165, 1.54) is 18.0 Å². The lowest BCUT2D eigenvalue weighted by molar-refractivity contribution is 0.602. The summed E-state index contributed by atoms with van der Waals surface area (Å²) in [4.78, 5) is 1.24. The van der Waals surface area contributed by atoms with Crippen molar-refractivity contribution in [1.82, 2.24) is 9.78 Å². The van der Waals surface area contributed by atoms with Crippen LogP contribution in [0.2, 0.25) is 0 Å². The Morgan fingerprint density at radius 2 is 1.81 bits per heavy atom. The van der Waals surface area contributed by atoms with Crippen molar-refractivity contribution in [1.29, 1.82) is 0 Å². The maximum Gasteiger partial charge on any atom is 0.175 e. The van der Waals surface area contributed by atoms with Gasteiger partial charge in [0, 0.05) is 18.2 Å². The first kappa shape index (κ1) is 15.9. The van der Waals surface area contributed by atoms with Gasteiger partial charge in [-0.05, 0) is 30.2 Å². The van der Waals surface area contributed by atoms with E-state index >= 15 is 0 Å². The quantitative estimate of drug-likeness (QED) is 0.935. The molecule has 0 fully saturated rings. The molecule has 0 spiro atoms. The number of nitrogen functional groups attached to an aromatic ring is 1. The van der Waals surface area contributed by atoms with Gasteiger partial charge in [-0.3, -0.25) is 4.68 Å². The Morgan fingerprint density at radius 1 is 1.24 bits per heavy atom. The molecule has 0 saturated carbocycles. The van der Waals surface area contributed by atoms with Crippen LogP contribution < -0.4 is 5.73 Å². The third kappa shape index (κ3) is 3.41. The molecule has 1 aromatic carbocycles. The summed E-state index contributed by atoms with van der Waals surface area (Å²) >= 11 is 1.48. The smallest absolute Gasteiger partial charge is 0.175 e. The van der Waals surface area contributed by atoms with Crippen molar-refractivity contribution in [2.45, 2.75) is 34.6 Å². The number of hydrogen-bond acceptors (Lipinski definition) is 5. The van der Waals surface area contributed by atoms with Crippen molar-refractivity contribution in [2.24, 2.45) is 7.05 Å². The molecule has 0 aliphatic carbocycles. The molecule has 2 rings (SSSR count). The highest BCUT2D eigenvalue weighted by Gasteiger charge is 2.17. The van der Waals surface area contributed by atoms with Gasteiger partial charge in [0.1, 0.15) is 5.03 Å². The molecule has 0 atom stereocenters. The molecule has 21 heavy (non-hydrogen) atoms. The number of nitrogens with zero attached hydrogens (tertiary/aromatic N) is 2. The Labute approximate surface area is 129 Å². The maximum absolute atomic E-state index is 11.4. The number of aromatic nitrogens is 2. The number of anilines is 1. The van der Waals surface area contributed by atoms with Gasteiger partial charge in [0.25, 0.3) is 0 Å². The fourth-order valence-corrected chi connectivity index (χ4v) is 3.47. The van der Waals surface area contributed by atoms with Crippen LogP contribution in [0.15, 0.2) is 39.1 Å². The molecule has 0 aliphatic heterocycles. The van der Waals surface area contributed by atoms with Gasteiger partial charge in [0.2, 0.25) is 0 Å². The standard InChI is InChI=1S/C14H19N3O2S2/c1-9(2)13-12(15)14(17(3)16-13)20-10-5-7-11(8-6-10)21(4,18)19/h5-9H,15H2,1-4H3. The third-order valence-electron chi connectivity index (χ3n) is 3.07. The summed E-state index contributed by atoms with van der Waals surface area (Å²) in [6, 6.07) is 6.77. The minimum absolute atomic E-state index is 0.262. The largest absolute Gasteiger partial charge is 0.395 e. The Morgan fingerprint density at radius 3 is 2.24 bits per heavy atom. The second-order valence-corrected chi connectivity index (χ2v) is 8.31. The molecule has 0 bridgehead atoms. The molecular weight excluding hydrogens is 306 g/mol. The van der Waals surface area contributed by atoms with E-state index in [1.807, 2.05) is 20.9 Å². The first-order valence-electron chi connectivity index (χ1n) is 6.50. The van der Waals surface area contributed by atoms with Crippen LogP contribution in [-0.2, 0) is 16.9 Å². The van der Waals surface area contributed by atoms with Gasteiger partial charge in [-0.2, -0.15) is 5.10 Å². The molecule has 114 valence electrons. The summed E-state index contributed by atoms with van der Waals surface area (Å²) < 4.78 is 24.7. The number of nitrogens with two attached hydrogens (primary N) is 1. The van der Waals surface area contributed by atoms with Gasteiger partial charge < -0.3 is 5.73 Å². The molecule has 7 heteroatoms. The minimum atomic E-state index is -3.17. The van der Waals surface area contributed by atoms with Gasteiger partial charge in [-0.15, -0.1) is 0 Å². The normalized spacial score (nSPS) is 12.0. The highest BCUT2D eigenvalue weighted by molar-refractivity contribution is 7.99. The highest BCUT2D eigenvalue weighted by atomic mass is 32.2. The van der Waals surface area contributed by atoms with E-state index in [0.717, 1.165) is 15.6 Å². The van der Waals surface area contributed by atoms with Crippen LogP contribution in [0.5, 0.6) is 0 Å². The summed E-state index contributed by atoms with van der Waals surface area (Å²) in [5.74, 6) is 0.262. The number of rotatable bonds is 4. The Bertz CT molecular complexity index is 747. The van der Waals surface area contributed by atoms with Crippen LogP contribution in [0.3, 0.4) is 0 Å². The van der Waals surface area contributed by atoms with Crippen LogP contribution in [0.25, 0.3) is 0 Å². The van der Waals surface area contributed by atoms with Gasteiger partial charge in [0.15, 0.2) is 9.84 Å². The average molecular weight is 325 g/mol. The molecule has 0 amide bonds. The zero-order valence-corrected chi connectivity index (χ0v) is 14.1. The van der Waals surface area contributed by atoms with Crippen LogP contribution in [0.1, 0.15) is 25.5 Å². The molecule has 2 N–H and O–H groups in total. The van der Waals surface area contributed by atoms with E-state index in [9.17, 15) is 8.42 Å². The molecule has 0 unspecified atom stereocenters. The van der Waals surface area contributed by atoms with Crippen molar-refractivity contribution < 1.29 is 8.42 Å². The summed E-state index contributed by atoms with van der Waals surface area (Å²) in [7, 11) is -1.31. The van der Waals surface area contributed by atoms with Crippen molar-refractivity contribution >= 4 is 27.3 Å².